The van der Waals surface area contributed by atoms with Crippen LogP contribution in [0.1, 0.15) is 27.2 Å². The van der Waals surface area contributed by atoms with Gasteiger partial charge in [0.1, 0.15) is 0 Å². The molecular formula is C17H21N3O5S. The molecule has 1 atom stereocenters. The lowest BCUT2D eigenvalue weighted by molar-refractivity contribution is -0.148. The topological polar surface area (TPSA) is 114 Å². The van der Waals surface area contributed by atoms with Crippen LogP contribution in [0.5, 0.6) is 0 Å². The molecule has 1 heterocycles. The minimum Gasteiger partial charge on any atom is -0.456 e. The van der Waals surface area contributed by atoms with Crippen molar-refractivity contribution >= 4 is 41.3 Å². The number of amides is 4. The number of imide groups is 1. The summed E-state index contributed by atoms with van der Waals surface area (Å²) in [6, 6.07) is 6.60. The summed E-state index contributed by atoms with van der Waals surface area (Å²) < 4.78 is 4.85. The second-order valence-corrected chi connectivity index (χ2v) is 7.95. The SMILES string of the molecule is CC(C)(C)NC(=O)NC(=O)COC(=O)C[C@H]1Sc2ccccc2NC1=O. The predicted molar refractivity (Wildman–Crippen MR) is 96.7 cm³/mol. The van der Waals surface area contributed by atoms with Crippen molar-refractivity contribution in [3.05, 3.63) is 24.3 Å². The van der Waals surface area contributed by atoms with E-state index in [2.05, 4.69) is 16.0 Å². The Balaban J connectivity index is 1.78. The lowest BCUT2D eigenvalue weighted by Crippen LogP contribution is -2.49. The van der Waals surface area contributed by atoms with Crippen LogP contribution in [0.2, 0.25) is 0 Å². The smallest absolute Gasteiger partial charge is 0.321 e. The molecule has 0 spiro atoms. The van der Waals surface area contributed by atoms with Gasteiger partial charge in [-0.3, -0.25) is 19.7 Å². The molecule has 0 aliphatic carbocycles. The van der Waals surface area contributed by atoms with E-state index in [4.69, 9.17) is 4.74 Å². The summed E-state index contributed by atoms with van der Waals surface area (Å²) in [4.78, 5) is 48.0. The number of anilines is 1. The molecule has 9 heteroatoms. The van der Waals surface area contributed by atoms with Gasteiger partial charge in [0.2, 0.25) is 5.91 Å². The third-order valence-electron chi connectivity index (χ3n) is 3.16. The van der Waals surface area contributed by atoms with E-state index in [9.17, 15) is 19.2 Å². The maximum atomic E-state index is 12.0. The highest BCUT2D eigenvalue weighted by atomic mass is 32.2. The van der Waals surface area contributed by atoms with E-state index in [1.165, 1.54) is 11.8 Å². The average molecular weight is 379 g/mol. The third-order valence-corrected chi connectivity index (χ3v) is 4.44. The molecule has 1 aromatic carbocycles. The zero-order valence-corrected chi connectivity index (χ0v) is 15.6. The number of carbonyl (C=O) groups is 4. The number of thioether (sulfide) groups is 1. The standard InChI is InChI=1S/C17H21N3O5S/c1-17(2,3)20-16(24)19-13(21)9-25-14(22)8-12-15(23)18-10-6-4-5-7-11(10)26-12/h4-7,12H,8-9H2,1-3H3,(H,18,23)(H2,19,20,21,24)/t12-/m1/s1. The maximum absolute atomic E-state index is 12.0. The van der Waals surface area contributed by atoms with E-state index < -0.39 is 35.3 Å². The fourth-order valence-corrected chi connectivity index (χ4v) is 3.21. The second kappa shape index (κ2) is 8.22. The first-order valence-electron chi connectivity index (χ1n) is 7.98. The fraction of sp³-hybridized carbons (Fsp3) is 0.412. The first-order valence-corrected chi connectivity index (χ1v) is 8.86. The number of hydrogen-bond donors (Lipinski definition) is 3. The van der Waals surface area contributed by atoms with Crippen molar-refractivity contribution in [2.45, 2.75) is 42.9 Å². The van der Waals surface area contributed by atoms with Gasteiger partial charge < -0.3 is 15.4 Å². The Morgan fingerprint density at radius 1 is 1.23 bits per heavy atom. The zero-order chi connectivity index (χ0) is 19.3. The van der Waals surface area contributed by atoms with E-state index in [-0.39, 0.29) is 12.3 Å². The number of para-hydroxylation sites is 1. The number of fused-ring (bicyclic) bond motifs is 1. The largest absolute Gasteiger partial charge is 0.456 e. The average Bonchev–Trinajstić information content (AvgIpc) is 2.51. The molecule has 8 nitrogen and oxygen atoms in total. The van der Waals surface area contributed by atoms with Crippen LogP contribution in [0.4, 0.5) is 10.5 Å². The van der Waals surface area contributed by atoms with Crippen molar-refractivity contribution in [1.29, 1.82) is 0 Å². The monoisotopic (exact) mass is 379 g/mol. The Labute approximate surface area is 155 Å². The number of nitrogens with one attached hydrogen (secondary N) is 3. The lowest BCUT2D eigenvalue weighted by Gasteiger charge is -2.23. The summed E-state index contributed by atoms with van der Waals surface area (Å²) in [6.45, 7) is 4.71. The van der Waals surface area contributed by atoms with Gasteiger partial charge in [0, 0.05) is 10.4 Å². The molecule has 0 saturated carbocycles. The van der Waals surface area contributed by atoms with Crippen LogP contribution in [-0.2, 0) is 19.1 Å². The van der Waals surface area contributed by atoms with Gasteiger partial charge in [0.25, 0.3) is 5.91 Å². The highest BCUT2D eigenvalue weighted by molar-refractivity contribution is 8.01. The van der Waals surface area contributed by atoms with Crippen molar-refractivity contribution in [3.8, 4) is 0 Å². The molecule has 0 aromatic heterocycles. The van der Waals surface area contributed by atoms with E-state index >= 15 is 0 Å². The maximum Gasteiger partial charge on any atom is 0.321 e. The summed E-state index contributed by atoms with van der Waals surface area (Å²) >= 11 is 1.27. The molecular weight excluding hydrogens is 358 g/mol. The highest BCUT2D eigenvalue weighted by Crippen LogP contribution is 2.36. The molecule has 0 unspecified atom stereocenters. The molecule has 0 fully saturated rings. The van der Waals surface area contributed by atoms with Crippen molar-refractivity contribution < 1.29 is 23.9 Å². The molecule has 2 rings (SSSR count). The summed E-state index contributed by atoms with van der Waals surface area (Å²) in [7, 11) is 0. The number of benzene rings is 1. The van der Waals surface area contributed by atoms with Gasteiger partial charge >= 0.3 is 12.0 Å². The van der Waals surface area contributed by atoms with Gasteiger partial charge in [-0.1, -0.05) is 12.1 Å². The Morgan fingerprint density at radius 2 is 1.92 bits per heavy atom. The van der Waals surface area contributed by atoms with E-state index in [1.807, 2.05) is 18.2 Å². The number of carbonyl (C=O) groups excluding carboxylic acids is 4. The Morgan fingerprint density at radius 3 is 2.62 bits per heavy atom. The van der Waals surface area contributed by atoms with E-state index in [0.717, 1.165) is 4.90 Å². The molecule has 0 radical (unpaired) electrons. The molecule has 1 aliphatic rings. The minimum atomic E-state index is -0.744. The number of esters is 1. The minimum absolute atomic E-state index is 0.174. The van der Waals surface area contributed by atoms with Crippen LogP contribution in [0.25, 0.3) is 0 Å². The molecule has 26 heavy (non-hydrogen) atoms. The number of rotatable bonds is 4. The van der Waals surface area contributed by atoms with Gasteiger partial charge in [-0.05, 0) is 32.9 Å². The van der Waals surface area contributed by atoms with Crippen molar-refractivity contribution in [3.63, 3.8) is 0 Å². The Hall–Kier alpha value is -2.55. The zero-order valence-electron chi connectivity index (χ0n) is 14.8. The molecule has 3 N–H and O–H groups in total. The van der Waals surface area contributed by atoms with Crippen LogP contribution < -0.4 is 16.0 Å². The predicted octanol–water partition coefficient (Wildman–Crippen LogP) is 1.66. The number of urea groups is 1. The third kappa shape index (κ3) is 6.07. The van der Waals surface area contributed by atoms with Gasteiger partial charge in [0.15, 0.2) is 6.61 Å². The molecule has 1 aliphatic heterocycles. The van der Waals surface area contributed by atoms with E-state index in [1.54, 1.807) is 26.8 Å². The van der Waals surface area contributed by atoms with Gasteiger partial charge in [-0.15, -0.1) is 11.8 Å². The van der Waals surface area contributed by atoms with Crippen molar-refractivity contribution in [2.24, 2.45) is 0 Å². The summed E-state index contributed by atoms with van der Waals surface area (Å²) in [6.07, 6.45) is -0.174. The Bertz CT molecular complexity index is 729. The summed E-state index contributed by atoms with van der Waals surface area (Å²) in [5.74, 6) is -1.73. The molecule has 1 aromatic rings. The summed E-state index contributed by atoms with van der Waals surface area (Å²) in [5, 5.41) is 6.71. The van der Waals surface area contributed by atoms with Crippen LogP contribution in [0.3, 0.4) is 0 Å². The van der Waals surface area contributed by atoms with Crippen LogP contribution >= 0.6 is 11.8 Å². The summed E-state index contributed by atoms with van der Waals surface area (Å²) in [5.41, 5.74) is 0.208. The first-order chi connectivity index (χ1) is 12.1. The van der Waals surface area contributed by atoms with E-state index in [0.29, 0.717) is 5.69 Å². The normalized spacial score (nSPS) is 16.1. The number of ether oxygens (including phenoxy) is 1. The van der Waals surface area contributed by atoms with Crippen molar-refractivity contribution in [2.75, 3.05) is 11.9 Å². The molecule has 0 bridgehead atoms. The van der Waals surface area contributed by atoms with Gasteiger partial charge in [-0.25, -0.2) is 4.79 Å². The Kier molecular flexibility index (Phi) is 6.25. The molecule has 4 amide bonds. The van der Waals surface area contributed by atoms with Gasteiger partial charge in [0.05, 0.1) is 17.4 Å². The molecule has 140 valence electrons. The van der Waals surface area contributed by atoms with Crippen molar-refractivity contribution in [1.82, 2.24) is 10.6 Å². The van der Waals surface area contributed by atoms with Gasteiger partial charge in [-0.2, -0.15) is 0 Å². The van der Waals surface area contributed by atoms with Crippen LogP contribution in [0.15, 0.2) is 29.2 Å². The quantitative estimate of drug-likeness (QED) is 0.686. The highest BCUT2D eigenvalue weighted by Gasteiger charge is 2.29. The van der Waals surface area contributed by atoms with Crippen LogP contribution in [-0.4, -0.2) is 41.2 Å². The molecule has 0 saturated heterocycles. The lowest BCUT2D eigenvalue weighted by atomic mass is 10.1. The number of hydrogen-bond acceptors (Lipinski definition) is 6. The van der Waals surface area contributed by atoms with Crippen LogP contribution in [0, 0.1) is 0 Å². The second-order valence-electron chi connectivity index (χ2n) is 6.71. The fourth-order valence-electron chi connectivity index (χ4n) is 2.12. The first kappa shape index (κ1) is 19.8.